The molecule has 1 aliphatic carbocycles. The van der Waals surface area contributed by atoms with E-state index in [1.165, 1.54) is 17.7 Å². The molecule has 0 amide bonds. The average molecular weight is 248 g/mol. The second-order valence-electron chi connectivity index (χ2n) is 6.00. The van der Waals surface area contributed by atoms with E-state index in [1.807, 2.05) is 10.6 Å². The van der Waals surface area contributed by atoms with E-state index in [-0.39, 0.29) is 5.56 Å². The number of rotatable bonds is 3. The van der Waals surface area contributed by atoms with Crippen LogP contribution in [0.5, 0.6) is 0 Å². The SMILES string of the molecule is CC(C)Cn1c2c(cc(CN)c1=O)CC(C)CC2. The molecule has 0 spiro atoms. The molecule has 0 saturated carbocycles. The van der Waals surface area contributed by atoms with Crippen LogP contribution < -0.4 is 11.3 Å². The van der Waals surface area contributed by atoms with Crippen LogP contribution in [-0.4, -0.2) is 4.57 Å². The van der Waals surface area contributed by atoms with E-state index in [9.17, 15) is 4.79 Å². The topological polar surface area (TPSA) is 48.0 Å². The van der Waals surface area contributed by atoms with Crippen molar-refractivity contribution in [2.24, 2.45) is 17.6 Å². The van der Waals surface area contributed by atoms with Gasteiger partial charge in [-0.1, -0.05) is 20.8 Å². The molecule has 1 unspecified atom stereocenters. The number of hydrogen-bond donors (Lipinski definition) is 1. The highest BCUT2D eigenvalue weighted by Gasteiger charge is 2.21. The molecule has 0 fully saturated rings. The molecule has 3 heteroatoms. The molecule has 2 rings (SSSR count). The van der Waals surface area contributed by atoms with Crippen LogP contribution >= 0.6 is 0 Å². The maximum atomic E-state index is 12.4. The molecule has 0 saturated heterocycles. The Hall–Kier alpha value is -1.09. The Bertz CT molecular complexity index is 488. The summed E-state index contributed by atoms with van der Waals surface area (Å²) in [5.41, 5.74) is 9.19. The number of hydrogen-bond acceptors (Lipinski definition) is 2. The van der Waals surface area contributed by atoms with Crippen molar-refractivity contribution in [3.8, 4) is 0 Å². The first-order valence-electron chi connectivity index (χ1n) is 6.97. The van der Waals surface area contributed by atoms with Crippen LogP contribution in [-0.2, 0) is 25.9 Å². The predicted molar refractivity (Wildman–Crippen MR) is 74.6 cm³/mol. The molecule has 0 aromatic carbocycles. The second-order valence-corrected chi connectivity index (χ2v) is 6.00. The molecular formula is C15H24N2O. The standard InChI is InChI=1S/C15H24N2O/c1-10(2)9-17-14-5-4-11(3)6-12(14)7-13(8-16)15(17)18/h7,10-11H,4-6,8-9,16H2,1-3H3. The Labute approximate surface area is 109 Å². The van der Waals surface area contributed by atoms with Crippen LogP contribution in [0.4, 0.5) is 0 Å². The Morgan fingerprint density at radius 3 is 2.83 bits per heavy atom. The lowest BCUT2D eigenvalue weighted by Gasteiger charge is -2.26. The zero-order valence-corrected chi connectivity index (χ0v) is 11.7. The van der Waals surface area contributed by atoms with Gasteiger partial charge in [0.05, 0.1) is 0 Å². The molecule has 0 aliphatic heterocycles. The Morgan fingerprint density at radius 2 is 2.22 bits per heavy atom. The lowest BCUT2D eigenvalue weighted by atomic mass is 9.87. The first kappa shape index (κ1) is 13.3. The molecule has 100 valence electrons. The Balaban J connectivity index is 2.54. The molecule has 1 aromatic heterocycles. The zero-order chi connectivity index (χ0) is 13.3. The third kappa shape index (κ3) is 2.51. The monoisotopic (exact) mass is 248 g/mol. The maximum Gasteiger partial charge on any atom is 0.255 e. The number of aromatic nitrogens is 1. The minimum absolute atomic E-state index is 0.125. The second kappa shape index (κ2) is 5.27. The summed E-state index contributed by atoms with van der Waals surface area (Å²) in [6, 6.07) is 2.05. The molecule has 1 aliphatic rings. The van der Waals surface area contributed by atoms with Crippen molar-refractivity contribution in [2.75, 3.05) is 0 Å². The number of nitrogens with two attached hydrogens (primary N) is 1. The van der Waals surface area contributed by atoms with E-state index in [2.05, 4.69) is 20.8 Å². The summed E-state index contributed by atoms with van der Waals surface area (Å²) in [4.78, 5) is 12.4. The van der Waals surface area contributed by atoms with E-state index in [0.29, 0.717) is 18.4 Å². The summed E-state index contributed by atoms with van der Waals surface area (Å²) in [5.74, 6) is 1.20. The van der Waals surface area contributed by atoms with Gasteiger partial charge in [0, 0.05) is 24.3 Å². The fourth-order valence-electron chi connectivity index (χ4n) is 2.86. The first-order valence-corrected chi connectivity index (χ1v) is 6.97. The largest absolute Gasteiger partial charge is 0.326 e. The summed E-state index contributed by atoms with van der Waals surface area (Å²) in [6.07, 6.45) is 3.30. The zero-order valence-electron chi connectivity index (χ0n) is 11.7. The quantitative estimate of drug-likeness (QED) is 0.890. The molecule has 0 radical (unpaired) electrons. The fraction of sp³-hybridized carbons (Fsp3) is 0.667. The van der Waals surface area contributed by atoms with Gasteiger partial charge in [0.25, 0.3) is 5.56 Å². The minimum Gasteiger partial charge on any atom is -0.326 e. The van der Waals surface area contributed by atoms with Crippen LogP contribution in [0.2, 0.25) is 0 Å². The van der Waals surface area contributed by atoms with Gasteiger partial charge in [0.1, 0.15) is 0 Å². The van der Waals surface area contributed by atoms with Gasteiger partial charge in [-0.3, -0.25) is 4.79 Å². The van der Waals surface area contributed by atoms with Crippen LogP contribution in [0, 0.1) is 11.8 Å². The minimum atomic E-state index is 0.125. The van der Waals surface area contributed by atoms with Crippen molar-refractivity contribution in [1.82, 2.24) is 4.57 Å². The molecule has 18 heavy (non-hydrogen) atoms. The summed E-state index contributed by atoms with van der Waals surface area (Å²) in [7, 11) is 0. The highest BCUT2D eigenvalue weighted by molar-refractivity contribution is 5.29. The van der Waals surface area contributed by atoms with Crippen molar-refractivity contribution >= 4 is 0 Å². The average Bonchev–Trinajstić information content (AvgIpc) is 2.31. The van der Waals surface area contributed by atoms with Crippen molar-refractivity contribution in [1.29, 1.82) is 0 Å². The summed E-state index contributed by atoms with van der Waals surface area (Å²) in [6.45, 7) is 7.74. The third-order valence-electron chi connectivity index (χ3n) is 3.77. The lowest BCUT2D eigenvalue weighted by Crippen LogP contribution is -2.33. The molecule has 1 aromatic rings. The highest BCUT2D eigenvalue weighted by atomic mass is 16.1. The lowest BCUT2D eigenvalue weighted by molar-refractivity contribution is 0.440. The predicted octanol–water partition coefficient (Wildman–Crippen LogP) is 2.09. The van der Waals surface area contributed by atoms with Crippen molar-refractivity contribution in [2.45, 2.75) is 53.1 Å². The van der Waals surface area contributed by atoms with Gasteiger partial charge in [-0.05, 0) is 42.7 Å². The van der Waals surface area contributed by atoms with E-state index < -0.39 is 0 Å². The van der Waals surface area contributed by atoms with Crippen molar-refractivity contribution < 1.29 is 0 Å². The van der Waals surface area contributed by atoms with Crippen LogP contribution in [0.1, 0.15) is 44.0 Å². The summed E-state index contributed by atoms with van der Waals surface area (Å²) < 4.78 is 1.98. The number of fused-ring (bicyclic) bond motifs is 1. The van der Waals surface area contributed by atoms with Gasteiger partial charge in [0.15, 0.2) is 0 Å². The normalized spacial score (nSPS) is 19.1. The third-order valence-corrected chi connectivity index (χ3v) is 3.77. The molecule has 1 atom stereocenters. The molecule has 0 bridgehead atoms. The van der Waals surface area contributed by atoms with Crippen molar-refractivity contribution in [3.63, 3.8) is 0 Å². The molecular weight excluding hydrogens is 224 g/mol. The maximum absolute atomic E-state index is 12.4. The van der Waals surface area contributed by atoms with Crippen molar-refractivity contribution in [3.05, 3.63) is 33.2 Å². The Morgan fingerprint density at radius 1 is 1.50 bits per heavy atom. The number of nitrogens with zero attached hydrogens (tertiary/aromatic N) is 1. The van der Waals surface area contributed by atoms with Gasteiger partial charge in [-0.2, -0.15) is 0 Å². The fourth-order valence-corrected chi connectivity index (χ4v) is 2.86. The van der Waals surface area contributed by atoms with Gasteiger partial charge < -0.3 is 10.3 Å². The molecule has 1 heterocycles. The molecule has 2 N–H and O–H groups in total. The Kier molecular flexibility index (Phi) is 3.91. The van der Waals surface area contributed by atoms with E-state index in [0.717, 1.165) is 24.9 Å². The summed E-state index contributed by atoms with van der Waals surface area (Å²) >= 11 is 0. The first-order chi connectivity index (χ1) is 8.52. The number of pyridine rings is 1. The van der Waals surface area contributed by atoms with E-state index in [1.54, 1.807) is 0 Å². The van der Waals surface area contributed by atoms with Gasteiger partial charge >= 0.3 is 0 Å². The van der Waals surface area contributed by atoms with Crippen LogP contribution in [0.3, 0.4) is 0 Å². The summed E-state index contributed by atoms with van der Waals surface area (Å²) in [5, 5.41) is 0. The van der Waals surface area contributed by atoms with Gasteiger partial charge in [-0.25, -0.2) is 0 Å². The smallest absolute Gasteiger partial charge is 0.255 e. The van der Waals surface area contributed by atoms with E-state index in [4.69, 9.17) is 5.73 Å². The van der Waals surface area contributed by atoms with E-state index >= 15 is 0 Å². The van der Waals surface area contributed by atoms with Crippen LogP contribution in [0.15, 0.2) is 10.9 Å². The van der Waals surface area contributed by atoms with Gasteiger partial charge in [-0.15, -0.1) is 0 Å². The highest BCUT2D eigenvalue weighted by Crippen LogP contribution is 2.25. The van der Waals surface area contributed by atoms with Crippen LogP contribution in [0.25, 0.3) is 0 Å². The van der Waals surface area contributed by atoms with Gasteiger partial charge in [0.2, 0.25) is 0 Å². The molecule has 3 nitrogen and oxygen atoms in total.